The van der Waals surface area contributed by atoms with Gasteiger partial charge in [-0.15, -0.1) is 0 Å². The second-order valence-electron chi connectivity index (χ2n) is 7.08. The molecule has 0 aliphatic heterocycles. The van der Waals surface area contributed by atoms with E-state index >= 15 is 0 Å². The van der Waals surface area contributed by atoms with Crippen LogP contribution in [0.3, 0.4) is 0 Å². The molecule has 0 aliphatic carbocycles. The Kier molecular flexibility index (Phi) is 3.48. The minimum Gasteiger partial charge on any atom is -0.236 e. The molecule has 0 radical (unpaired) electrons. The zero-order valence-corrected chi connectivity index (χ0v) is 13.9. The van der Waals surface area contributed by atoms with E-state index in [-0.39, 0.29) is 5.41 Å². The van der Waals surface area contributed by atoms with Crippen molar-refractivity contribution in [3.8, 4) is 11.3 Å². The minimum absolute atomic E-state index is 0.115. The summed E-state index contributed by atoms with van der Waals surface area (Å²) in [4.78, 5) is 9.00. The SMILES string of the molecule is Cc1cc(C)cc(-c2ncnc3ccc(C(C)(C)C)cc23)c1. The van der Waals surface area contributed by atoms with Crippen LogP contribution >= 0.6 is 0 Å². The predicted molar refractivity (Wildman–Crippen MR) is 93.1 cm³/mol. The first-order chi connectivity index (χ1) is 10.3. The van der Waals surface area contributed by atoms with E-state index in [4.69, 9.17) is 0 Å². The number of aryl methyl sites for hydroxylation is 2. The fourth-order valence-electron chi connectivity index (χ4n) is 2.86. The molecule has 2 aromatic carbocycles. The largest absolute Gasteiger partial charge is 0.236 e. The van der Waals surface area contributed by atoms with Crippen LogP contribution in [-0.2, 0) is 5.41 Å². The third-order valence-corrected chi connectivity index (χ3v) is 4.00. The van der Waals surface area contributed by atoms with Crippen molar-refractivity contribution in [3.05, 3.63) is 59.4 Å². The average molecular weight is 290 g/mol. The quantitative estimate of drug-likeness (QED) is 0.614. The fraction of sp³-hybridized carbons (Fsp3) is 0.300. The molecule has 0 N–H and O–H groups in total. The standard InChI is InChI=1S/C20H22N2/c1-13-8-14(2)10-15(9-13)19-17-11-16(20(3,4)5)6-7-18(17)21-12-22-19/h6-12H,1-5H3. The maximum atomic E-state index is 4.57. The van der Waals surface area contributed by atoms with E-state index in [1.807, 2.05) is 0 Å². The zero-order valence-electron chi connectivity index (χ0n) is 13.9. The Labute approximate surface area is 132 Å². The van der Waals surface area contributed by atoms with Gasteiger partial charge < -0.3 is 0 Å². The van der Waals surface area contributed by atoms with Gasteiger partial charge in [-0.05, 0) is 49.1 Å². The molecular weight excluding hydrogens is 268 g/mol. The topological polar surface area (TPSA) is 25.8 Å². The normalized spacial score (nSPS) is 11.9. The number of rotatable bonds is 1. The van der Waals surface area contributed by atoms with Crippen LogP contribution in [0.2, 0.25) is 0 Å². The summed E-state index contributed by atoms with van der Waals surface area (Å²) in [7, 11) is 0. The lowest BCUT2D eigenvalue weighted by Gasteiger charge is -2.19. The van der Waals surface area contributed by atoms with E-state index in [0.29, 0.717) is 0 Å². The van der Waals surface area contributed by atoms with Crippen molar-refractivity contribution >= 4 is 10.9 Å². The first-order valence-electron chi connectivity index (χ1n) is 7.68. The van der Waals surface area contributed by atoms with Gasteiger partial charge in [-0.1, -0.05) is 44.0 Å². The first kappa shape index (κ1) is 14.7. The molecule has 0 aliphatic rings. The Balaban J connectivity index is 2.29. The van der Waals surface area contributed by atoms with Crippen LogP contribution < -0.4 is 0 Å². The van der Waals surface area contributed by atoms with Crippen LogP contribution in [-0.4, -0.2) is 9.97 Å². The molecule has 1 heterocycles. The smallest absolute Gasteiger partial charge is 0.116 e. The van der Waals surface area contributed by atoms with Crippen molar-refractivity contribution in [2.75, 3.05) is 0 Å². The lowest BCUT2D eigenvalue weighted by molar-refractivity contribution is 0.591. The molecule has 2 heteroatoms. The third-order valence-electron chi connectivity index (χ3n) is 4.00. The highest BCUT2D eigenvalue weighted by Crippen LogP contribution is 2.31. The van der Waals surface area contributed by atoms with Gasteiger partial charge in [0.15, 0.2) is 0 Å². The van der Waals surface area contributed by atoms with E-state index in [1.165, 1.54) is 16.7 Å². The summed E-state index contributed by atoms with van der Waals surface area (Å²) in [6.07, 6.45) is 1.66. The molecule has 0 unspecified atom stereocenters. The van der Waals surface area contributed by atoms with E-state index < -0.39 is 0 Å². The van der Waals surface area contributed by atoms with Crippen LogP contribution in [0.25, 0.3) is 22.2 Å². The third kappa shape index (κ3) is 2.74. The lowest BCUT2D eigenvalue weighted by atomic mass is 9.86. The van der Waals surface area contributed by atoms with Crippen molar-refractivity contribution in [2.24, 2.45) is 0 Å². The van der Waals surface area contributed by atoms with Crippen molar-refractivity contribution < 1.29 is 0 Å². The Hall–Kier alpha value is -2.22. The van der Waals surface area contributed by atoms with E-state index in [0.717, 1.165) is 22.2 Å². The number of hydrogen-bond acceptors (Lipinski definition) is 2. The molecule has 1 aromatic heterocycles. The van der Waals surface area contributed by atoms with E-state index in [9.17, 15) is 0 Å². The van der Waals surface area contributed by atoms with Gasteiger partial charge in [-0.25, -0.2) is 9.97 Å². The van der Waals surface area contributed by atoms with Gasteiger partial charge in [-0.3, -0.25) is 0 Å². The molecule has 0 bridgehead atoms. The van der Waals surface area contributed by atoms with Crippen molar-refractivity contribution in [2.45, 2.75) is 40.0 Å². The number of fused-ring (bicyclic) bond motifs is 1. The second kappa shape index (κ2) is 5.20. The Morgan fingerprint density at radius 1 is 0.818 bits per heavy atom. The van der Waals surface area contributed by atoms with Crippen LogP contribution in [0, 0.1) is 13.8 Å². The van der Waals surface area contributed by atoms with Crippen molar-refractivity contribution in [3.63, 3.8) is 0 Å². The van der Waals surface area contributed by atoms with Gasteiger partial charge >= 0.3 is 0 Å². The molecule has 3 rings (SSSR count). The van der Waals surface area contributed by atoms with Gasteiger partial charge in [-0.2, -0.15) is 0 Å². The second-order valence-corrected chi connectivity index (χ2v) is 7.08. The maximum Gasteiger partial charge on any atom is 0.116 e. The van der Waals surface area contributed by atoms with Crippen LogP contribution in [0.5, 0.6) is 0 Å². The molecule has 0 saturated carbocycles. The summed E-state index contributed by atoms with van der Waals surface area (Å²) < 4.78 is 0. The van der Waals surface area contributed by atoms with Crippen molar-refractivity contribution in [1.82, 2.24) is 9.97 Å². The zero-order chi connectivity index (χ0) is 15.9. The molecule has 0 fully saturated rings. The minimum atomic E-state index is 0.115. The molecule has 0 atom stereocenters. The summed E-state index contributed by atoms with van der Waals surface area (Å²) in [6.45, 7) is 10.9. The molecule has 0 spiro atoms. The highest BCUT2D eigenvalue weighted by atomic mass is 14.8. The Morgan fingerprint density at radius 3 is 2.14 bits per heavy atom. The number of aromatic nitrogens is 2. The summed E-state index contributed by atoms with van der Waals surface area (Å²) in [5.41, 5.74) is 7.11. The van der Waals surface area contributed by atoms with E-state index in [1.54, 1.807) is 6.33 Å². The molecule has 3 aromatic rings. The first-order valence-corrected chi connectivity index (χ1v) is 7.68. The number of hydrogen-bond donors (Lipinski definition) is 0. The summed E-state index contributed by atoms with van der Waals surface area (Å²) in [5.74, 6) is 0. The van der Waals surface area contributed by atoms with Gasteiger partial charge in [0.05, 0.1) is 11.2 Å². The molecule has 22 heavy (non-hydrogen) atoms. The van der Waals surface area contributed by atoms with Crippen LogP contribution in [0.15, 0.2) is 42.7 Å². The molecular formula is C20H22N2. The Bertz CT molecular complexity index is 822. The monoisotopic (exact) mass is 290 g/mol. The fourth-order valence-corrected chi connectivity index (χ4v) is 2.86. The van der Waals surface area contributed by atoms with Gasteiger partial charge in [0.1, 0.15) is 6.33 Å². The van der Waals surface area contributed by atoms with Crippen LogP contribution in [0.4, 0.5) is 0 Å². The van der Waals surface area contributed by atoms with Crippen LogP contribution in [0.1, 0.15) is 37.5 Å². The average Bonchev–Trinajstić information content (AvgIpc) is 2.44. The summed E-state index contributed by atoms with van der Waals surface area (Å²) in [6, 6.07) is 13.1. The van der Waals surface area contributed by atoms with Crippen molar-refractivity contribution in [1.29, 1.82) is 0 Å². The lowest BCUT2D eigenvalue weighted by Crippen LogP contribution is -2.10. The number of benzene rings is 2. The highest BCUT2D eigenvalue weighted by molar-refractivity contribution is 5.92. The number of nitrogens with zero attached hydrogens (tertiary/aromatic N) is 2. The van der Waals surface area contributed by atoms with Gasteiger partial charge in [0, 0.05) is 10.9 Å². The molecule has 112 valence electrons. The summed E-state index contributed by atoms with van der Waals surface area (Å²) in [5, 5.41) is 1.12. The van der Waals surface area contributed by atoms with Gasteiger partial charge in [0.2, 0.25) is 0 Å². The van der Waals surface area contributed by atoms with E-state index in [2.05, 4.69) is 81.0 Å². The predicted octanol–water partition coefficient (Wildman–Crippen LogP) is 5.21. The molecule has 2 nitrogen and oxygen atoms in total. The molecule has 0 amide bonds. The highest BCUT2D eigenvalue weighted by Gasteiger charge is 2.16. The molecule has 0 saturated heterocycles. The van der Waals surface area contributed by atoms with Gasteiger partial charge in [0.25, 0.3) is 0 Å². The Morgan fingerprint density at radius 2 is 1.50 bits per heavy atom. The summed E-state index contributed by atoms with van der Waals surface area (Å²) >= 11 is 0. The maximum absolute atomic E-state index is 4.57.